The molecule has 0 saturated heterocycles. The number of anilines is 2. The van der Waals surface area contributed by atoms with Crippen LogP contribution < -0.4 is 16.3 Å². The van der Waals surface area contributed by atoms with Crippen LogP contribution in [0.5, 0.6) is 0 Å². The highest BCUT2D eigenvalue weighted by Crippen LogP contribution is 2.26. The predicted octanol–water partition coefficient (Wildman–Crippen LogP) is 1.63. The maximum absolute atomic E-state index is 13.2. The molecule has 0 saturated carbocycles. The van der Waals surface area contributed by atoms with Crippen molar-refractivity contribution in [3.05, 3.63) is 93.5 Å². The molecule has 0 aliphatic carbocycles. The zero-order valence-corrected chi connectivity index (χ0v) is 15.1. The summed E-state index contributed by atoms with van der Waals surface area (Å²) in [7, 11) is 1.51. The molecule has 28 heavy (non-hydrogen) atoms. The normalized spacial score (nSPS) is 10.9. The lowest BCUT2D eigenvalue weighted by atomic mass is 10.2. The van der Waals surface area contributed by atoms with Crippen LogP contribution in [0.15, 0.2) is 76.4 Å². The molecule has 0 bridgehead atoms. The minimum atomic E-state index is -0.621. The summed E-state index contributed by atoms with van der Waals surface area (Å²) in [4.78, 5) is 45.2. The van der Waals surface area contributed by atoms with E-state index in [1.807, 2.05) is 60.7 Å². The molecule has 0 radical (unpaired) electrons. The third-order valence-electron chi connectivity index (χ3n) is 4.45. The number of amides is 1. The number of nitrogens with one attached hydrogen (secondary N) is 1. The van der Waals surface area contributed by atoms with Crippen LogP contribution in [-0.2, 0) is 18.3 Å². The van der Waals surface area contributed by atoms with Gasteiger partial charge in [-0.2, -0.15) is 0 Å². The second-order valence-corrected chi connectivity index (χ2v) is 6.26. The highest BCUT2D eigenvalue weighted by molar-refractivity contribution is 6.01. The summed E-state index contributed by atoms with van der Waals surface area (Å²) in [6, 6.07) is 18.5. The Labute approximate surface area is 159 Å². The molecule has 0 fully saturated rings. The number of fused-ring (bicyclic) bond motifs is 1. The lowest BCUT2D eigenvalue weighted by Crippen LogP contribution is -2.35. The van der Waals surface area contributed by atoms with Crippen molar-refractivity contribution in [1.29, 1.82) is 0 Å². The van der Waals surface area contributed by atoms with Crippen LogP contribution in [0.25, 0.3) is 5.78 Å². The average Bonchev–Trinajstić information content (AvgIpc) is 3.12. The van der Waals surface area contributed by atoms with E-state index in [0.717, 1.165) is 0 Å². The number of para-hydroxylation sites is 2. The minimum absolute atomic E-state index is 0.0633. The van der Waals surface area contributed by atoms with Gasteiger partial charge in [-0.25, -0.2) is 19.0 Å². The lowest BCUT2D eigenvalue weighted by molar-refractivity contribution is -0.117. The van der Waals surface area contributed by atoms with Gasteiger partial charge in [-0.05, 0) is 24.3 Å². The first-order valence-electron chi connectivity index (χ1n) is 8.65. The van der Waals surface area contributed by atoms with Gasteiger partial charge in [0.2, 0.25) is 11.7 Å². The number of H-pyrrole nitrogens is 1. The number of hydrogen-bond acceptors (Lipinski definition) is 4. The highest BCUT2D eigenvalue weighted by Gasteiger charge is 2.21. The van der Waals surface area contributed by atoms with Gasteiger partial charge in [0.25, 0.3) is 0 Å². The summed E-state index contributed by atoms with van der Waals surface area (Å²) < 4.78 is 2.47. The Morgan fingerprint density at radius 3 is 2.11 bits per heavy atom. The van der Waals surface area contributed by atoms with E-state index in [2.05, 4.69) is 9.97 Å². The first-order valence-corrected chi connectivity index (χ1v) is 8.65. The molecular formula is C20H17N5O3. The molecule has 0 aliphatic heterocycles. The summed E-state index contributed by atoms with van der Waals surface area (Å²) in [5.41, 5.74) is 0.650. The van der Waals surface area contributed by atoms with E-state index < -0.39 is 11.4 Å². The summed E-state index contributed by atoms with van der Waals surface area (Å²) in [5.74, 6) is -0.0463. The summed E-state index contributed by atoms with van der Waals surface area (Å²) in [5, 5.41) is 0. The Morgan fingerprint density at radius 2 is 1.54 bits per heavy atom. The fraction of sp³-hybridized carbons (Fsp3) is 0.100. The molecule has 0 unspecified atom stereocenters. The summed E-state index contributed by atoms with van der Waals surface area (Å²) >= 11 is 0. The SMILES string of the molecule is Cn1c(=O)[nH]c(=O)n2c(CC(=O)N(c3ccccc3)c3ccccc3)cnc12. The summed E-state index contributed by atoms with van der Waals surface area (Å²) in [6.45, 7) is 0. The van der Waals surface area contributed by atoms with E-state index >= 15 is 0 Å². The highest BCUT2D eigenvalue weighted by atomic mass is 16.2. The van der Waals surface area contributed by atoms with Gasteiger partial charge in [0.15, 0.2) is 0 Å². The molecular weight excluding hydrogens is 358 g/mol. The van der Waals surface area contributed by atoms with Crippen LogP contribution >= 0.6 is 0 Å². The van der Waals surface area contributed by atoms with Crippen LogP contribution in [-0.4, -0.2) is 24.8 Å². The van der Waals surface area contributed by atoms with E-state index in [1.54, 1.807) is 4.90 Å². The molecule has 0 spiro atoms. The van der Waals surface area contributed by atoms with Gasteiger partial charge in [-0.3, -0.25) is 19.2 Å². The molecule has 2 heterocycles. The smallest absolute Gasteiger partial charge is 0.281 e. The molecule has 140 valence electrons. The fourth-order valence-corrected chi connectivity index (χ4v) is 3.11. The van der Waals surface area contributed by atoms with Gasteiger partial charge in [-0.1, -0.05) is 36.4 Å². The number of hydrogen-bond donors (Lipinski definition) is 1. The third kappa shape index (κ3) is 3.01. The molecule has 4 rings (SSSR count). The van der Waals surface area contributed by atoms with Gasteiger partial charge in [0, 0.05) is 18.4 Å². The van der Waals surface area contributed by atoms with Crippen LogP contribution in [0.2, 0.25) is 0 Å². The Balaban J connectivity index is 1.77. The number of imidazole rings is 1. The zero-order chi connectivity index (χ0) is 19.7. The fourth-order valence-electron chi connectivity index (χ4n) is 3.11. The van der Waals surface area contributed by atoms with Crippen LogP contribution in [0.3, 0.4) is 0 Å². The number of aromatic nitrogens is 4. The van der Waals surface area contributed by atoms with E-state index in [9.17, 15) is 14.4 Å². The third-order valence-corrected chi connectivity index (χ3v) is 4.45. The first-order chi connectivity index (χ1) is 13.6. The Hall–Kier alpha value is -3.94. The number of carbonyl (C=O) groups excluding carboxylic acids is 1. The van der Waals surface area contributed by atoms with Gasteiger partial charge in [0.05, 0.1) is 18.3 Å². The number of carbonyl (C=O) groups is 1. The Bertz CT molecular complexity index is 1220. The van der Waals surface area contributed by atoms with Gasteiger partial charge in [-0.15, -0.1) is 0 Å². The van der Waals surface area contributed by atoms with Crippen molar-refractivity contribution in [2.75, 3.05) is 4.90 Å². The van der Waals surface area contributed by atoms with Crippen LogP contribution in [0.1, 0.15) is 5.69 Å². The van der Waals surface area contributed by atoms with Gasteiger partial charge in [0.1, 0.15) is 0 Å². The van der Waals surface area contributed by atoms with Crippen molar-refractivity contribution in [2.24, 2.45) is 7.05 Å². The predicted molar refractivity (Wildman–Crippen MR) is 105 cm³/mol. The van der Waals surface area contributed by atoms with Crippen molar-refractivity contribution >= 4 is 23.1 Å². The maximum Gasteiger partial charge on any atom is 0.336 e. The minimum Gasteiger partial charge on any atom is -0.281 e. The second-order valence-electron chi connectivity index (χ2n) is 6.26. The Kier molecular flexibility index (Phi) is 4.36. The molecule has 1 N–H and O–H groups in total. The van der Waals surface area contributed by atoms with Crippen molar-refractivity contribution < 1.29 is 4.79 Å². The molecule has 8 heteroatoms. The molecule has 2 aromatic heterocycles. The molecule has 0 atom stereocenters. The van der Waals surface area contributed by atoms with Crippen LogP contribution in [0.4, 0.5) is 11.4 Å². The van der Waals surface area contributed by atoms with Gasteiger partial charge >= 0.3 is 11.4 Å². The maximum atomic E-state index is 13.2. The molecule has 0 aliphatic rings. The van der Waals surface area contributed by atoms with Gasteiger partial charge < -0.3 is 0 Å². The van der Waals surface area contributed by atoms with Crippen molar-refractivity contribution in [3.8, 4) is 0 Å². The molecule has 1 amide bonds. The van der Waals surface area contributed by atoms with E-state index in [0.29, 0.717) is 17.1 Å². The average molecular weight is 375 g/mol. The lowest BCUT2D eigenvalue weighted by Gasteiger charge is -2.23. The van der Waals surface area contributed by atoms with Crippen LogP contribution in [0, 0.1) is 0 Å². The standard InChI is InChI=1S/C20H17N5O3/c1-23-18-21-13-16(25(18)20(28)22-19(23)27)12-17(26)24(14-8-4-2-5-9-14)15-10-6-3-7-11-15/h2-11,13H,12H2,1H3,(H,22,27,28). The number of aromatic amines is 1. The van der Waals surface area contributed by atoms with E-state index in [4.69, 9.17) is 0 Å². The monoisotopic (exact) mass is 375 g/mol. The largest absolute Gasteiger partial charge is 0.336 e. The number of rotatable bonds is 4. The summed E-state index contributed by atoms with van der Waals surface area (Å²) in [6.07, 6.45) is 1.38. The van der Waals surface area contributed by atoms with Crippen molar-refractivity contribution in [3.63, 3.8) is 0 Å². The topological polar surface area (TPSA) is 92.5 Å². The first kappa shape index (κ1) is 17.5. The second kappa shape index (κ2) is 6.99. The quantitative estimate of drug-likeness (QED) is 0.587. The molecule has 2 aromatic carbocycles. The number of benzene rings is 2. The van der Waals surface area contributed by atoms with Crippen molar-refractivity contribution in [1.82, 2.24) is 18.9 Å². The molecule has 8 nitrogen and oxygen atoms in total. The van der Waals surface area contributed by atoms with E-state index in [1.165, 1.54) is 22.2 Å². The number of nitrogens with zero attached hydrogens (tertiary/aromatic N) is 4. The van der Waals surface area contributed by atoms with E-state index in [-0.39, 0.29) is 18.1 Å². The zero-order valence-electron chi connectivity index (χ0n) is 15.1. The number of aryl methyl sites for hydroxylation is 1. The van der Waals surface area contributed by atoms with Crippen molar-refractivity contribution in [2.45, 2.75) is 6.42 Å². The Morgan fingerprint density at radius 1 is 0.964 bits per heavy atom. The molecule has 4 aromatic rings.